The van der Waals surface area contributed by atoms with Gasteiger partial charge in [0, 0.05) is 13.0 Å². The molecule has 1 fully saturated rings. The first-order valence-corrected chi connectivity index (χ1v) is 9.22. The van der Waals surface area contributed by atoms with Crippen molar-refractivity contribution in [1.29, 1.82) is 0 Å². The van der Waals surface area contributed by atoms with Crippen LogP contribution in [0, 0.1) is 11.3 Å². The summed E-state index contributed by atoms with van der Waals surface area (Å²) >= 11 is 0. The number of nitrogens with two attached hydrogens (primary N) is 1. The minimum absolute atomic E-state index is 0. The quantitative estimate of drug-likeness (QED) is 0.698. The van der Waals surface area contributed by atoms with E-state index in [0.717, 1.165) is 12.8 Å². The van der Waals surface area contributed by atoms with Crippen LogP contribution in [-0.4, -0.2) is 25.6 Å². The van der Waals surface area contributed by atoms with Crippen molar-refractivity contribution in [1.82, 2.24) is 5.32 Å². The SMILES string of the molecule is CC(CNC(=O)CC1(CN)CCCCC1)COCc1ccccc1.Cl. The fourth-order valence-electron chi connectivity index (χ4n) is 3.46. The highest BCUT2D eigenvalue weighted by molar-refractivity contribution is 5.85. The second kappa shape index (κ2) is 11.5. The number of carbonyl (C=O) groups is 1. The van der Waals surface area contributed by atoms with Gasteiger partial charge in [0.05, 0.1) is 13.2 Å². The molecule has 0 aromatic heterocycles. The van der Waals surface area contributed by atoms with Gasteiger partial charge in [0.2, 0.25) is 5.91 Å². The van der Waals surface area contributed by atoms with Gasteiger partial charge in [-0.2, -0.15) is 0 Å². The van der Waals surface area contributed by atoms with Crippen molar-refractivity contribution in [2.24, 2.45) is 17.1 Å². The van der Waals surface area contributed by atoms with Crippen LogP contribution >= 0.6 is 12.4 Å². The van der Waals surface area contributed by atoms with Crippen molar-refractivity contribution in [3.63, 3.8) is 0 Å². The molecule has 1 aromatic carbocycles. The third kappa shape index (κ3) is 7.76. The normalized spacial score (nSPS) is 17.4. The molecule has 1 aliphatic carbocycles. The van der Waals surface area contributed by atoms with Crippen LogP contribution in [0.25, 0.3) is 0 Å². The predicted octanol–water partition coefficient (Wildman–Crippen LogP) is 3.68. The third-order valence-corrected chi connectivity index (χ3v) is 5.04. The maximum Gasteiger partial charge on any atom is 0.220 e. The number of rotatable bonds is 9. The molecule has 1 atom stereocenters. The maximum atomic E-state index is 12.3. The lowest BCUT2D eigenvalue weighted by atomic mass is 9.71. The number of carbonyl (C=O) groups excluding carboxylic acids is 1. The minimum atomic E-state index is 0. The van der Waals surface area contributed by atoms with Crippen LogP contribution in [-0.2, 0) is 16.1 Å². The zero-order valence-electron chi connectivity index (χ0n) is 15.3. The highest BCUT2D eigenvalue weighted by Crippen LogP contribution is 2.38. The Kier molecular flexibility index (Phi) is 10.1. The summed E-state index contributed by atoms with van der Waals surface area (Å²) in [5, 5.41) is 3.06. The molecular formula is C20H33ClN2O2. The van der Waals surface area contributed by atoms with Crippen LogP contribution in [0.1, 0.15) is 51.0 Å². The number of benzene rings is 1. The first kappa shape index (κ1) is 21.9. The molecule has 0 saturated heterocycles. The summed E-state index contributed by atoms with van der Waals surface area (Å²) < 4.78 is 5.73. The highest BCUT2D eigenvalue weighted by Gasteiger charge is 2.32. The van der Waals surface area contributed by atoms with Gasteiger partial charge in [0.25, 0.3) is 0 Å². The Labute approximate surface area is 158 Å². The van der Waals surface area contributed by atoms with Gasteiger partial charge in [0.15, 0.2) is 0 Å². The van der Waals surface area contributed by atoms with Crippen LogP contribution in [0.15, 0.2) is 30.3 Å². The topological polar surface area (TPSA) is 64.4 Å². The summed E-state index contributed by atoms with van der Waals surface area (Å²) in [5.41, 5.74) is 7.18. The molecule has 1 amide bonds. The average molecular weight is 369 g/mol. The third-order valence-electron chi connectivity index (χ3n) is 5.04. The first-order valence-electron chi connectivity index (χ1n) is 9.22. The average Bonchev–Trinajstić information content (AvgIpc) is 2.62. The van der Waals surface area contributed by atoms with Crippen LogP contribution in [0.2, 0.25) is 0 Å². The summed E-state index contributed by atoms with van der Waals surface area (Å²) in [6.45, 7) is 4.65. The van der Waals surface area contributed by atoms with Crippen LogP contribution in [0.5, 0.6) is 0 Å². The molecule has 1 saturated carbocycles. The summed E-state index contributed by atoms with van der Waals surface area (Å²) in [6.07, 6.45) is 6.43. The van der Waals surface area contributed by atoms with Gasteiger partial charge < -0.3 is 15.8 Å². The Morgan fingerprint density at radius 3 is 2.56 bits per heavy atom. The molecule has 25 heavy (non-hydrogen) atoms. The van der Waals surface area contributed by atoms with E-state index in [0.29, 0.717) is 38.6 Å². The Hall–Kier alpha value is -1.10. The Morgan fingerprint density at radius 1 is 1.24 bits per heavy atom. The van der Waals surface area contributed by atoms with Gasteiger partial charge in [-0.25, -0.2) is 0 Å². The highest BCUT2D eigenvalue weighted by atomic mass is 35.5. The standard InChI is InChI=1S/C20H32N2O2.ClH/c1-17(14-24-15-18-8-4-2-5-9-18)13-22-19(23)12-20(16-21)10-6-3-7-11-20;/h2,4-5,8-9,17H,3,6-7,10-16,21H2,1H3,(H,22,23);1H. The molecule has 5 heteroatoms. The van der Waals surface area contributed by atoms with Crippen LogP contribution in [0.3, 0.4) is 0 Å². The lowest BCUT2D eigenvalue weighted by Crippen LogP contribution is -2.39. The van der Waals surface area contributed by atoms with Crippen LogP contribution in [0.4, 0.5) is 0 Å². The Morgan fingerprint density at radius 2 is 1.92 bits per heavy atom. The fraction of sp³-hybridized carbons (Fsp3) is 0.650. The smallest absolute Gasteiger partial charge is 0.220 e. The monoisotopic (exact) mass is 368 g/mol. The zero-order valence-corrected chi connectivity index (χ0v) is 16.2. The van der Waals surface area contributed by atoms with Gasteiger partial charge in [-0.15, -0.1) is 12.4 Å². The second-order valence-corrected chi connectivity index (χ2v) is 7.35. The molecule has 1 unspecified atom stereocenters. The van der Waals surface area contributed by atoms with Crippen molar-refractivity contribution in [3.8, 4) is 0 Å². The lowest BCUT2D eigenvalue weighted by molar-refractivity contribution is -0.124. The molecular weight excluding hydrogens is 336 g/mol. The molecule has 1 aliphatic rings. The van der Waals surface area contributed by atoms with Gasteiger partial charge in [0.1, 0.15) is 0 Å². The summed E-state index contributed by atoms with van der Waals surface area (Å²) in [4.78, 5) is 12.3. The molecule has 0 heterocycles. The number of hydrogen-bond donors (Lipinski definition) is 2. The second-order valence-electron chi connectivity index (χ2n) is 7.35. The maximum absolute atomic E-state index is 12.3. The summed E-state index contributed by atoms with van der Waals surface area (Å²) in [6, 6.07) is 10.1. The van der Waals surface area contributed by atoms with E-state index in [9.17, 15) is 4.79 Å². The molecule has 0 bridgehead atoms. The number of nitrogens with one attached hydrogen (secondary N) is 1. The van der Waals surface area contributed by atoms with Gasteiger partial charge >= 0.3 is 0 Å². The van der Waals surface area contributed by atoms with Gasteiger partial charge in [-0.3, -0.25) is 4.79 Å². The van der Waals surface area contributed by atoms with Gasteiger partial charge in [-0.05, 0) is 36.3 Å². The fourth-order valence-corrected chi connectivity index (χ4v) is 3.46. The van der Waals surface area contributed by atoms with E-state index >= 15 is 0 Å². The van der Waals surface area contributed by atoms with E-state index in [1.807, 2.05) is 18.2 Å². The van der Waals surface area contributed by atoms with Crippen molar-refractivity contribution in [2.45, 2.75) is 52.1 Å². The van der Waals surface area contributed by atoms with E-state index in [-0.39, 0.29) is 23.7 Å². The number of hydrogen-bond acceptors (Lipinski definition) is 3. The number of halogens is 1. The largest absolute Gasteiger partial charge is 0.376 e. The van der Waals surface area contributed by atoms with E-state index < -0.39 is 0 Å². The zero-order chi connectivity index (χ0) is 17.3. The Bertz CT molecular complexity index is 490. The predicted molar refractivity (Wildman–Crippen MR) is 105 cm³/mol. The van der Waals surface area contributed by atoms with Crippen molar-refractivity contribution in [3.05, 3.63) is 35.9 Å². The molecule has 1 aromatic rings. The van der Waals surface area contributed by atoms with Crippen molar-refractivity contribution >= 4 is 18.3 Å². The van der Waals surface area contributed by atoms with Gasteiger partial charge in [-0.1, -0.05) is 56.5 Å². The molecule has 0 aliphatic heterocycles. The van der Waals surface area contributed by atoms with E-state index in [1.165, 1.54) is 24.8 Å². The van der Waals surface area contributed by atoms with Crippen LogP contribution < -0.4 is 11.1 Å². The Balaban J connectivity index is 0.00000312. The molecule has 142 valence electrons. The molecule has 4 nitrogen and oxygen atoms in total. The lowest BCUT2D eigenvalue weighted by Gasteiger charge is -2.35. The minimum Gasteiger partial charge on any atom is -0.376 e. The first-order chi connectivity index (χ1) is 11.6. The number of amides is 1. The number of ether oxygens (including phenoxy) is 1. The summed E-state index contributed by atoms with van der Waals surface area (Å²) in [5.74, 6) is 0.440. The summed E-state index contributed by atoms with van der Waals surface area (Å²) in [7, 11) is 0. The molecule has 0 radical (unpaired) electrons. The van der Waals surface area contributed by atoms with E-state index in [4.69, 9.17) is 10.5 Å². The van der Waals surface area contributed by atoms with E-state index in [1.54, 1.807) is 0 Å². The van der Waals surface area contributed by atoms with Crippen molar-refractivity contribution in [2.75, 3.05) is 19.7 Å². The molecule has 0 spiro atoms. The van der Waals surface area contributed by atoms with Crippen molar-refractivity contribution < 1.29 is 9.53 Å². The molecule has 3 N–H and O–H groups in total. The molecule has 2 rings (SSSR count). The van der Waals surface area contributed by atoms with E-state index in [2.05, 4.69) is 24.4 Å².